The molecule has 2 saturated carbocycles. The highest BCUT2D eigenvalue weighted by Crippen LogP contribution is 2.45. The average Bonchev–Trinajstić information content (AvgIpc) is 3.20. The summed E-state index contributed by atoms with van der Waals surface area (Å²) in [6.45, 7) is 1.62. The Bertz CT molecular complexity index is 578. The molecule has 3 saturated heterocycles. The number of hydrogen-bond donors (Lipinski definition) is 2. The van der Waals surface area contributed by atoms with E-state index >= 15 is 0 Å². The summed E-state index contributed by atoms with van der Waals surface area (Å²) in [6, 6.07) is 2.37. The highest BCUT2D eigenvalue weighted by molar-refractivity contribution is 5.04. The maximum atomic E-state index is 6.75. The molecule has 0 aromatic rings. The van der Waals surface area contributed by atoms with E-state index in [9.17, 15) is 0 Å². The van der Waals surface area contributed by atoms with Crippen LogP contribution in [-0.4, -0.2) is 81.9 Å². The summed E-state index contributed by atoms with van der Waals surface area (Å²) in [4.78, 5) is 4.38. The topological polar surface area (TPSA) is 61.4 Å². The van der Waals surface area contributed by atoms with E-state index in [4.69, 9.17) is 19.9 Å². The van der Waals surface area contributed by atoms with Gasteiger partial charge in [-0.15, -0.1) is 0 Å². The molecule has 11 unspecified atom stereocenters. The Morgan fingerprint density at radius 2 is 1.97 bits per heavy atom. The van der Waals surface area contributed by atoms with E-state index in [1.54, 1.807) is 4.90 Å². The molecular weight excluding hydrogens is 366 g/mol. The van der Waals surface area contributed by atoms with Crippen LogP contribution in [0.15, 0.2) is 0 Å². The maximum absolute atomic E-state index is 6.75. The first-order valence-electron chi connectivity index (χ1n) is 12.1. The number of likely N-dealkylation sites (tertiary alicyclic amines) is 2. The lowest BCUT2D eigenvalue weighted by Crippen LogP contribution is -3.19. The first-order chi connectivity index (χ1) is 14.1. The number of nitrogens with one attached hydrogen (secondary N) is 1. The van der Waals surface area contributed by atoms with Gasteiger partial charge < -0.3 is 29.7 Å². The van der Waals surface area contributed by atoms with Crippen molar-refractivity contribution in [1.29, 1.82) is 0 Å². The van der Waals surface area contributed by atoms with E-state index < -0.39 is 0 Å². The van der Waals surface area contributed by atoms with Crippen molar-refractivity contribution >= 4 is 0 Å². The molecule has 2 aliphatic carbocycles. The van der Waals surface area contributed by atoms with Gasteiger partial charge in [0.15, 0.2) is 0 Å². The lowest BCUT2D eigenvalue weighted by molar-refractivity contribution is -0.943. The number of fused-ring (bicyclic) bond motifs is 3. The van der Waals surface area contributed by atoms with E-state index in [1.807, 2.05) is 7.11 Å². The summed E-state index contributed by atoms with van der Waals surface area (Å²) in [5.74, 6) is 1.96. The Morgan fingerprint density at radius 1 is 1.14 bits per heavy atom. The lowest BCUT2D eigenvalue weighted by Gasteiger charge is -2.54. The monoisotopic (exact) mass is 408 g/mol. The molecule has 0 amide bonds. The quantitative estimate of drug-likeness (QED) is 0.718. The number of hydrogen-bond acceptors (Lipinski definition) is 5. The van der Waals surface area contributed by atoms with Gasteiger partial charge in [-0.25, -0.2) is 0 Å². The Kier molecular flexibility index (Phi) is 5.95. The number of nitrogens with two attached hydrogens (primary N) is 1. The molecule has 0 aromatic carbocycles. The van der Waals surface area contributed by atoms with Crippen molar-refractivity contribution in [3.63, 3.8) is 0 Å². The van der Waals surface area contributed by atoms with Gasteiger partial charge in [-0.2, -0.15) is 0 Å². The van der Waals surface area contributed by atoms with E-state index in [0.29, 0.717) is 36.8 Å². The molecule has 11 atom stereocenters. The fraction of sp³-hybridized carbons (Fsp3) is 1.00. The minimum Gasteiger partial charge on any atom is -0.378 e. The number of quaternary nitrogens is 1. The van der Waals surface area contributed by atoms with Gasteiger partial charge in [-0.3, -0.25) is 0 Å². The Balaban J connectivity index is 1.36. The summed E-state index contributed by atoms with van der Waals surface area (Å²) in [5, 5.41) is 0. The molecule has 0 radical (unpaired) electrons. The van der Waals surface area contributed by atoms with Crippen LogP contribution < -0.4 is 10.6 Å². The summed E-state index contributed by atoms with van der Waals surface area (Å²) < 4.78 is 18.0. The van der Waals surface area contributed by atoms with Gasteiger partial charge >= 0.3 is 0 Å². The molecule has 29 heavy (non-hydrogen) atoms. The molecular formula is C23H42N3O3+. The van der Waals surface area contributed by atoms with Crippen molar-refractivity contribution in [1.82, 2.24) is 4.90 Å². The fourth-order valence-corrected chi connectivity index (χ4v) is 7.96. The number of piperidine rings is 2. The molecule has 5 aliphatic rings. The third kappa shape index (κ3) is 3.58. The Hall–Kier alpha value is -0.240. The van der Waals surface area contributed by atoms with Gasteiger partial charge in [0.2, 0.25) is 0 Å². The van der Waals surface area contributed by atoms with Gasteiger partial charge in [0.1, 0.15) is 12.9 Å². The first kappa shape index (κ1) is 20.7. The molecule has 5 rings (SSSR count). The van der Waals surface area contributed by atoms with E-state index in [1.165, 1.54) is 51.5 Å². The lowest BCUT2D eigenvalue weighted by atomic mass is 9.65. The van der Waals surface area contributed by atoms with E-state index in [2.05, 4.69) is 19.0 Å². The van der Waals surface area contributed by atoms with Crippen LogP contribution in [0.5, 0.6) is 0 Å². The normalized spacial score (nSPS) is 53.2. The van der Waals surface area contributed by atoms with Crippen LogP contribution in [0.4, 0.5) is 0 Å². The number of ether oxygens (including phenoxy) is 3. The maximum Gasteiger partial charge on any atom is 0.147 e. The molecule has 5 fully saturated rings. The van der Waals surface area contributed by atoms with Gasteiger partial charge in [-0.1, -0.05) is 6.42 Å². The van der Waals surface area contributed by atoms with Crippen molar-refractivity contribution in [3.8, 4) is 0 Å². The summed E-state index contributed by atoms with van der Waals surface area (Å²) >= 11 is 0. The summed E-state index contributed by atoms with van der Waals surface area (Å²) in [7, 11) is 6.66. The fourth-order valence-electron chi connectivity index (χ4n) is 7.96. The van der Waals surface area contributed by atoms with Crippen LogP contribution in [0.3, 0.4) is 0 Å². The van der Waals surface area contributed by atoms with Gasteiger partial charge in [-0.05, 0) is 51.6 Å². The molecule has 3 heterocycles. The second kappa shape index (κ2) is 8.36. The number of methoxy groups -OCH3 is 1. The zero-order valence-electron chi connectivity index (χ0n) is 18.6. The SMILES string of the molecule is COC1C2OCOC2CC2CCN(C)C(CC3CC(N)C4CCCCC4[NH+]3C)C21. The van der Waals surface area contributed by atoms with E-state index in [0.717, 1.165) is 18.4 Å². The molecule has 0 spiro atoms. The van der Waals surface area contributed by atoms with Gasteiger partial charge in [0, 0.05) is 43.9 Å². The predicted molar refractivity (Wildman–Crippen MR) is 112 cm³/mol. The highest BCUT2D eigenvalue weighted by atomic mass is 16.7. The third-order valence-corrected chi connectivity index (χ3v) is 9.51. The van der Waals surface area contributed by atoms with Crippen LogP contribution in [-0.2, 0) is 14.2 Å². The van der Waals surface area contributed by atoms with Crippen molar-refractivity contribution in [2.75, 3.05) is 34.5 Å². The third-order valence-electron chi connectivity index (χ3n) is 9.51. The second-order valence-corrected chi connectivity index (χ2v) is 10.7. The van der Waals surface area contributed by atoms with Crippen LogP contribution in [0, 0.1) is 17.8 Å². The predicted octanol–water partition coefficient (Wildman–Crippen LogP) is 0.646. The minimum atomic E-state index is 0.108. The Labute approximate surface area is 176 Å². The molecule has 6 heteroatoms. The zero-order chi connectivity index (χ0) is 20.1. The first-order valence-corrected chi connectivity index (χ1v) is 12.1. The average molecular weight is 409 g/mol. The smallest absolute Gasteiger partial charge is 0.147 e. The summed E-state index contributed by atoms with van der Waals surface area (Å²) in [5.41, 5.74) is 6.75. The van der Waals surface area contributed by atoms with Crippen molar-refractivity contribution < 1.29 is 19.1 Å². The van der Waals surface area contributed by atoms with Crippen LogP contribution in [0.2, 0.25) is 0 Å². The second-order valence-electron chi connectivity index (χ2n) is 10.7. The Morgan fingerprint density at radius 3 is 2.79 bits per heavy atom. The van der Waals surface area contributed by atoms with Gasteiger partial charge in [0.25, 0.3) is 0 Å². The van der Waals surface area contributed by atoms with Crippen molar-refractivity contribution in [2.45, 2.75) is 93.8 Å². The molecule has 3 N–H and O–H groups in total. The van der Waals surface area contributed by atoms with Gasteiger partial charge in [0.05, 0.1) is 31.3 Å². The van der Waals surface area contributed by atoms with Crippen molar-refractivity contribution in [2.24, 2.45) is 23.5 Å². The molecule has 0 bridgehead atoms. The number of nitrogens with zero attached hydrogens (tertiary/aromatic N) is 1. The zero-order valence-corrected chi connectivity index (χ0v) is 18.6. The molecule has 6 nitrogen and oxygen atoms in total. The standard InChI is InChI=1S/C23H41N3O3/c1-25-9-8-14-10-20-22(29-13-28-20)23(27-3)21(14)19(25)12-15-11-17(24)16-6-4-5-7-18(16)26(15)2/h14-23H,4-13,24H2,1-3H3/p+1. The minimum absolute atomic E-state index is 0.108. The van der Waals surface area contributed by atoms with Crippen LogP contribution in [0.1, 0.15) is 51.4 Å². The summed E-state index contributed by atoms with van der Waals surface area (Å²) in [6.07, 6.45) is 10.8. The molecule has 166 valence electrons. The molecule has 3 aliphatic heterocycles. The molecule has 0 aromatic heterocycles. The number of rotatable bonds is 3. The van der Waals surface area contributed by atoms with E-state index in [-0.39, 0.29) is 18.3 Å². The van der Waals surface area contributed by atoms with Crippen LogP contribution >= 0.6 is 0 Å². The van der Waals surface area contributed by atoms with Crippen molar-refractivity contribution in [3.05, 3.63) is 0 Å². The largest absolute Gasteiger partial charge is 0.378 e. The highest BCUT2D eigenvalue weighted by Gasteiger charge is 2.55. The van der Waals surface area contributed by atoms with Crippen LogP contribution in [0.25, 0.3) is 0 Å².